The molecule has 2 N–H and O–H groups in total. The molecule has 1 heterocycles. The third kappa shape index (κ3) is 2.97. The number of aromatic carboxylic acids is 1. The molecule has 100 valence electrons. The molecule has 0 saturated heterocycles. The quantitative estimate of drug-likeness (QED) is 0.843. The molecule has 0 saturated carbocycles. The molecule has 6 nitrogen and oxygen atoms in total. The predicted octanol–water partition coefficient (Wildman–Crippen LogP) is 1.30. The first-order valence-electron chi connectivity index (χ1n) is 5.97. The molecule has 0 unspecified atom stereocenters. The number of nitrogens with one attached hydrogen (secondary N) is 1. The summed E-state index contributed by atoms with van der Waals surface area (Å²) in [6.07, 6.45) is 0. The highest BCUT2D eigenvalue weighted by Crippen LogP contribution is 2.23. The lowest BCUT2D eigenvalue weighted by Crippen LogP contribution is -2.22. The van der Waals surface area contributed by atoms with Crippen LogP contribution in [0.15, 0.2) is 24.3 Å². The van der Waals surface area contributed by atoms with Crippen molar-refractivity contribution in [2.75, 3.05) is 32.5 Å². The summed E-state index contributed by atoms with van der Waals surface area (Å²) in [7, 11) is 3.92. The molecule has 0 radical (unpaired) electrons. The number of carbonyl (C=O) groups is 1. The van der Waals surface area contributed by atoms with Crippen LogP contribution < -0.4 is 5.32 Å². The Morgan fingerprint density at radius 2 is 2.05 bits per heavy atom. The minimum atomic E-state index is -1.08. The molecule has 0 aliphatic rings. The summed E-state index contributed by atoms with van der Waals surface area (Å²) in [5, 5.41) is 20.8. The van der Waals surface area contributed by atoms with Crippen LogP contribution in [-0.4, -0.2) is 53.4 Å². The number of likely N-dealkylation sites (N-methyl/N-ethyl adjacent to an activating group) is 1. The molecule has 2 aromatic rings. The lowest BCUT2D eigenvalue weighted by atomic mass is 10.1. The Hall–Kier alpha value is -2.21. The number of carboxylic acids is 1. The third-order valence-electron chi connectivity index (χ3n) is 2.73. The van der Waals surface area contributed by atoms with Crippen LogP contribution in [0.2, 0.25) is 0 Å². The highest BCUT2D eigenvalue weighted by molar-refractivity contribution is 6.02. The van der Waals surface area contributed by atoms with Gasteiger partial charge >= 0.3 is 5.97 Å². The summed E-state index contributed by atoms with van der Waals surface area (Å²) in [4.78, 5) is 13.2. The van der Waals surface area contributed by atoms with Crippen LogP contribution in [0.5, 0.6) is 0 Å². The molecule has 0 aliphatic carbocycles. The van der Waals surface area contributed by atoms with Gasteiger partial charge in [-0.3, -0.25) is 0 Å². The van der Waals surface area contributed by atoms with Crippen molar-refractivity contribution < 1.29 is 9.90 Å². The van der Waals surface area contributed by atoms with Crippen LogP contribution in [0.3, 0.4) is 0 Å². The summed E-state index contributed by atoms with van der Waals surface area (Å²) in [5.41, 5.74) is 1.16. The van der Waals surface area contributed by atoms with Gasteiger partial charge in [0.2, 0.25) is 0 Å². The van der Waals surface area contributed by atoms with Crippen LogP contribution in [0.1, 0.15) is 10.5 Å². The Labute approximate surface area is 111 Å². The van der Waals surface area contributed by atoms with E-state index in [0.29, 0.717) is 17.7 Å². The van der Waals surface area contributed by atoms with E-state index < -0.39 is 5.97 Å². The van der Waals surface area contributed by atoms with Crippen molar-refractivity contribution in [1.29, 1.82) is 0 Å². The number of fused-ring (bicyclic) bond motifs is 1. The average Bonchev–Trinajstić information content (AvgIpc) is 2.38. The summed E-state index contributed by atoms with van der Waals surface area (Å²) in [6.45, 7) is 1.44. The van der Waals surface area contributed by atoms with Gasteiger partial charge in [-0.25, -0.2) is 4.79 Å². The highest BCUT2D eigenvalue weighted by atomic mass is 16.4. The second kappa shape index (κ2) is 5.62. The summed E-state index contributed by atoms with van der Waals surface area (Å²) in [5.74, 6) is -1.08. The minimum Gasteiger partial charge on any atom is -0.476 e. The van der Waals surface area contributed by atoms with Crippen LogP contribution >= 0.6 is 0 Å². The highest BCUT2D eigenvalue weighted by Gasteiger charge is 2.15. The van der Waals surface area contributed by atoms with Crippen molar-refractivity contribution >= 4 is 22.6 Å². The lowest BCUT2D eigenvalue weighted by Gasteiger charge is -2.14. The van der Waals surface area contributed by atoms with E-state index in [-0.39, 0.29) is 5.69 Å². The molecule has 1 aromatic carbocycles. The van der Waals surface area contributed by atoms with Crippen LogP contribution in [0.25, 0.3) is 10.9 Å². The molecule has 0 fully saturated rings. The molecule has 6 heteroatoms. The molecular formula is C13H16N4O2. The first-order valence-corrected chi connectivity index (χ1v) is 5.97. The van der Waals surface area contributed by atoms with Crippen LogP contribution in [0, 0.1) is 0 Å². The first kappa shape index (κ1) is 13.2. The van der Waals surface area contributed by atoms with Gasteiger partial charge in [0.15, 0.2) is 5.69 Å². The zero-order valence-corrected chi connectivity index (χ0v) is 10.9. The van der Waals surface area contributed by atoms with E-state index >= 15 is 0 Å². The number of rotatable bonds is 5. The van der Waals surface area contributed by atoms with Gasteiger partial charge in [-0.15, -0.1) is 10.2 Å². The smallest absolute Gasteiger partial charge is 0.358 e. The van der Waals surface area contributed by atoms with Crippen molar-refractivity contribution in [2.45, 2.75) is 0 Å². The number of benzene rings is 1. The summed E-state index contributed by atoms with van der Waals surface area (Å²) >= 11 is 0. The van der Waals surface area contributed by atoms with Gasteiger partial charge in [0.25, 0.3) is 0 Å². The maximum atomic E-state index is 11.2. The zero-order valence-electron chi connectivity index (χ0n) is 10.9. The van der Waals surface area contributed by atoms with Gasteiger partial charge in [0, 0.05) is 18.5 Å². The van der Waals surface area contributed by atoms with E-state index in [1.54, 1.807) is 0 Å². The zero-order chi connectivity index (χ0) is 13.8. The maximum Gasteiger partial charge on any atom is 0.358 e. The minimum absolute atomic E-state index is 0.0440. The van der Waals surface area contributed by atoms with Crippen molar-refractivity contribution in [1.82, 2.24) is 15.1 Å². The van der Waals surface area contributed by atoms with E-state index in [9.17, 15) is 9.90 Å². The second-order valence-corrected chi connectivity index (χ2v) is 4.48. The fourth-order valence-electron chi connectivity index (χ4n) is 1.79. The van der Waals surface area contributed by atoms with Crippen molar-refractivity contribution in [2.24, 2.45) is 0 Å². The summed E-state index contributed by atoms with van der Waals surface area (Å²) in [6, 6.07) is 7.35. The van der Waals surface area contributed by atoms with E-state index in [1.165, 1.54) is 0 Å². The van der Waals surface area contributed by atoms with Gasteiger partial charge < -0.3 is 15.3 Å². The van der Waals surface area contributed by atoms with Gasteiger partial charge in [-0.05, 0) is 20.2 Å². The lowest BCUT2D eigenvalue weighted by molar-refractivity contribution is 0.0690. The Balaban J connectivity index is 2.41. The van der Waals surface area contributed by atoms with E-state index in [4.69, 9.17) is 0 Å². The number of hydrogen-bond donors (Lipinski definition) is 2. The van der Waals surface area contributed by atoms with E-state index in [1.807, 2.05) is 43.3 Å². The average molecular weight is 260 g/mol. The molecule has 0 aliphatic heterocycles. The summed E-state index contributed by atoms with van der Waals surface area (Å²) < 4.78 is 0. The van der Waals surface area contributed by atoms with Crippen LogP contribution in [-0.2, 0) is 0 Å². The number of anilines is 1. The van der Waals surface area contributed by atoms with Crippen LogP contribution in [0.4, 0.5) is 5.69 Å². The molecule has 0 spiro atoms. The van der Waals surface area contributed by atoms with Gasteiger partial charge in [-0.2, -0.15) is 0 Å². The first-order chi connectivity index (χ1) is 9.09. The molecule has 0 bridgehead atoms. The SMILES string of the molecule is CN(C)CCNc1c(C(=O)O)nnc2ccccc12. The van der Waals surface area contributed by atoms with Gasteiger partial charge in [-0.1, -0.05) is 18.2 Å². The monoisotopic (exact) mass is 260 g/mol. The Bertz CT molecular complexity index is 598. The molecule has 1 aromatic heterocycles. The van der Waals surface area contributed by atoms with E-state index in [0.717, 1.165) is 11.9 Å². The second-order valence-electron chi connectivity index (χ2n) is 4.48. The molecule has 0 atom stereocenters. The molecule has 19 heavy (non-hydrogen) atoms. The number of hydrogen-bond acceptors (Lipinski definition) is 5. The number of aromatic nitrogens is 2. The Morgan fingerprint density at radius 3 is 2.74 bits per heavy atom. The Kier molecular flexibility index (Phi) is 3.91. The van der Waals surface area contributed by atoms with Crippen molar-refractivity contribution in [3.05, 3.63) is 30.0 Å². The number of carboxylic acid groups (broad SMARTS) is 1. The van der Waals surface area contributed by atoms with E-state index in [2.05, 4.69) is 15.5 Å². The van der Waals surface area contributed by atoms with Gasteiger partial charge in [0.05, 0.1) is 11.2 Å². The largest absolute Gasteiger partial charge is 0.476 e. The molecular weight excluding hydrogens is 244 g/mol. The normalized spacial score (nSPS) is 10.9. The van der Waals surface area contributed by atoms with Gasteiger partial charge in [0.1, 0.15) is 0 Å². The topological polar surface area (TPSA) is 78.4 Å². The third-order valence-corrected chi connectivity index (χ3v) is 2.73. The molecule has 0 amide bonds. The maximum absolute atomic E-state index is 11.2. The fourth-order valence-corrected chi connectivity index (χ4v) is 1.79. The van der Waals surface area contributed by atoms with Crippen molar-refractivity contribution in [3.8, 4) is 0 Å². The predicted molar refractivity (Wildman–Crippen MR) is 73.5 cm³/mol. The van der Waals surface area contributed by atoms with Crippen molar-refractivity contribution in [3.63, 3.8) is 0 Å². The fraction of sp³-hybridized carbons (Fsp3) is 0.308. The standard InChI is InChI=1S/C13H16N4O2/c1-17(2)8-7-14-11-9-5-3-4-6-10(9)15-16-12(11)13(18)19/h3-6H,7-8H2,1-2H3,(H,14,15)(H,18,19). The number of nitrogens with zero attached hydrogens (tertiary/aromatic N) is 3. The molecule has 2 rings (SSSR count). The Morgan fingerprint density at radius 1 is 1.32 bits per heavy atom.